The van der Waals surface area contributed by atoms with Crippen LogP contribution in [-0.2, 0) is 6.54 Å². The molecule has 86 valence electrons. The number of nitrogens with zero attached hydrogens (tertiary/aromatic N) is 3. The normalized spacial score (nSPS) is 18.7. The van der Waals surface area contributed by atoms with Crippen molar-refractivity contribution < 1.29 is 0 Å². The van der Waals surface area contributed by atoms with Gasteiger partial charge in [0.2, 0.25) is 0 Å². The Kier molecular flexibility index (Phi) is 2.52. The van der Waals surface area contributed by atoms with Crippen molar-refractivity contribution in [1.29, 1.82) is 0 Å². The average Bonchev–Trinajstić information content (AvgIpc) is 2.82. The van der Waals surface area contributed by atoms with E-state index in [1.807, 2.05) is 10.7 Å². The number of benzene rings is 1. The molecule has 0 bridgehead atoms. The minimum absolute atomic E-state index is 0.381. The van der Waals surface area contributed by atoms with Crippen LogP contribution in [-0.4, -0.2) is 14.8 Å². The van der Waals surface area contributed by atoms with Gasteiger partial charge in [0.25, 0.3) is 0 Å². The Bertz CT molecular complexity index is 528. The van der Waals surface area contributed by atoms with Crippen LogP contribution in [0.25, 0.3) is 6.08 Å². The van der Waals surface area contributed by atoms with Gasteiger partial charge >= 0.3 is 0 Å². The van der Waals surface area contributed by atoms with Crippen LogP contribution >= 0.6 is 0 Å². The smallest absolute Gasteiger partial charge is 0.173 e. The minimum atomic E-state index is 0.381. The van der Waals surface area contributed by atoms with Gasteiger partial charge in [0.1, 0.15) is 5.82 Å². The van der Waals surface area contributed by atoms with Crippen molar-refractivity contribution in [3.8, 4) is 0 Å². The molecule has 1 aliphatic rings. The van der Waals surface area contributed by atoms with Gasteiger partial charge < -0.3 is 0 Å². The topological polar surface area (TPSA) is 30.7 Å². The van der Waals surface area contributed by atoms with E-state index in [1.54, 1.807) is 6.08 Å². The van der Waals surface area contributed by atoms with Crippen molar-refractivity contribution >= 4 is 6.08 Å². The Morgan fingerprint density at radius 2 is 2.12 bits per heavy atom. The second kappa shape index (κ2) is 4.17. The molecule has 17 heavy (non-hydrogen) atoms. The lowest BCUT2D eigenvalue weighted by Crippen LogP contribution is -2.17. The first-order valence-electron chi connectivity index (χ1n) is 6.00. The molecule has 1 atom stereocenters. The highest BCUT2D eigenvalue weighted by Crippen LogP contribution is 2.31. The lowest BCUT2D eigenvalue weighted by atomic mass is 9.91. The van der Waals surface area contributed by atoms with Crippen molar-refractivity contribution in [2.24, 2.45) is 0 Å². The van der Waals surface area contributed by atoms with Gasteiger partial charge in [0.15, 0.2) is 5.82 Å². The van der Waals surface area contributed by atoms with Gasteiger partial charge in [0.05, 0.1) is 0 Å². The molecule has 3 nitrogen and oxygen atoms in total. The molecule has 0 fully saturated rings. The number of rotatable bonds is 2. The van der Waals surface area contributed by atoms with E-state index < -0.39 is 0 Å². The van der Waals surface area contributed by atoms with E-state index in [2.05, 4.69) is 40.9 Å². The summed E-state index contributed by atoms with van der Waals surface area (Å²) in [6.45, 7) is 4.71. The van der Waals surface area contributed by atoms with Crippen molar-refractivity contribution in [3.63, 3.8) is 0 Å². The van der Waals surface area contributed by atoms with Crippen molar-refractivity contribution in [2.75, 3.05) is 0 Å². The summed E-state index contributed by atoms with van der Waals surface area (Å²) >= 11 is 0. The van der Waals surface area contributed by atoms with Crippen molar-refractivity contribution in [1.82, 2.24) is 14.8 Å². The van der Waals surface area contributed by atoms with Gasteiger partial charge in [-0.05, 0) is 24.5 Å². The van der Waals surface area contributed by atoms with E-state index in [1.165, 1.54) is 5.56 Å². The first-order valence-corrected chi connectivity index (χ1v) is 6.00. The Morgan fingerprint density at radius 3 is 2.88 bits per heavy atom. The third-order valence-corrected chi connectivity index (χ3v) is 3.28. The second-order valence-electron chi connectivity index (χ2n) is 4.36. The molecule has 0 aliphatic carbocycles. The zero-order valence-corrected chi connectivity index (χ0v) is 9.71. The van der Waals surface area contributed by atoms with E-state index in [4.69, 9.17) is 0 Å². The molecular formula is C14H15N3. The number of aromatic nitrogens is 3. The van der Waals surface area contributed by atoms with E-state index >= 15 is 0 Å². The number of hydrogen-bond acceptors (Lipinski definition) is 2. The van der Waals surface area contributed by atoms with Gasteiger partial charge in [-0.1, -0.05) is 36.9 Å². The first kappa shape index (κ1) is 10.3. The van der Waals surface area contributed by atoms with E-state index in [0.717, 1.165) is 31.0 Å². The molecule has 1 aromatic carbocycles. The molecule has 0 saturated heterocycles. The predicted molar refractivity (Wildman–Crippen MR) is 67.6 cm³/mol. The molecule has 0 amide bonds. The molecule has 3 rings (SSSR count). The fourth-order valence-electron chi connectivity index (χ4n) is 2.46. The van der Waals surface area contributed by atoms with Crippen LogP contribution in [0.2, 0.25) is 0 Å². The fourth-order valence-corrected chi connectivity index (χ4v) is 2.46. The highest BCUT2D eigenvalue weighted by Gasteiger charge is 2.24. The van der Waals surface area contributed by atoms with Crippen LogP contribution in [0.3, 0.4) is 0 Å². The molecule has 1 aromatic heterocycles. The largest absolute Gasteiger partial charge is 0.249 e. The molecular weight excluding hydrogens is 210 g/mol. The molecule has 0 radical (unpaired) electrons. The molecule has 1 aliphatic heterocycles. The van der Waals surface area contributed by atoms with Gasteiger partial charge in [-0.25, -0.2) is 9.67 Å². The summed E-state index contributed by atoms with van der Waals surface area (Å²) < 4.78 is 2.03. The lowest BCUT2D eigenvalue weighted by Gasteiger charge is -2.22. The van der Waals surface area contributed by atoms with E-state index in [-0.39, 0.29) is 0 Å². The van der Waals surface area contributed by atoms with Crippen molar-refractivity contribution in [3.05, 3.63) is 54.1 Å². The quantitative estimate of drug-likeness (QED) is 0.786. The number of fused-ring (bicyclic) bond motifs is 1. The summed E-state index contributed by atoms with van der Waals surface area (Å²) in [5.74, 6) is 2.20. The first-order chi connectivity index (χ1) is 8.38. The Morgan fingerprint density at radius 1 is 1.29 bits per heavy atom. The Balaban J connectivity index is 2.04. The zero-order valence-electron chi connectivity index (χ0n) is 9.71. The fraction of sp³-hybridized carbons (Fsp3) is 0.286. The lowest BCUT2D eigenvalue weighted by molar-refractivity contribution is 0.445. The van der Waals surface area contributed by atoms with E-state index in [0.29, 0.717) is 5.92 Å². The molecule has 3 heteroatoms. The van der Waals surface area contributed by atoms with Crippen LogP contribution < -0.4 is 0 Å². The minimum Gasteiger partial charge on any atom is -0.249 e. The second-order valence-corrected chi connectivity index (χ2v) is 4.36. The van der Waals surface area contributed by atoms with Gasteiger partial charge in [-0.2, -0.15) is 5.10 Å². The van der Waals surface area contributed by atoms with Crippen LogP contribution in [0.15, 0.2) is 36.9 Å². The third kappa shape index (κ3) is 1.78. The summed E-state index contributed by atoms with van der Waals surface area (Å²) in [6, 6.07) is 10.6. The van der Waals surface area contributed by atoms with E-state index in [9.17, 15) is 0 Å². The maximum absolute atomic E-state index is 4.56. The summed E-state index contributed by atoms with van der Waals surface area (Å²) in [7, 11) is 0. The van der Waals surface area contributed by atoms with Crippen LogP contribution in [0.4, 0.5) is 0 Å². The molecule has 2 aromatic rings. The van der Waals surface area contributed by atoms with Crippen LogP contribution in [0.1, 0.15) is 36.0 Å². The summed E-state index contributed by atoms with van der Waals surface area (Å²) in [5, 5.41) is 4.43. The highest BCUT2D eigenvalue weighted by atomic mass is 15.4. The Hall–Kier alpha value is -1.90. The molecule has 0 spiro atoms. The van der Waals surface area contributed by atoms with Crippen LogP contribution in [0, 0.1) is 0 Å². The van der Waals surface area contributed by atoms with Gasteiger partial charge in [-0.15, -0.1) is 0 Å². The predicted octanol–water partition coefficient (Wildman–Crippen LogP) is 2.85. The maximum Gasteiger partial charge on any atom is 0.173 e. The number of hydrogen-bond donors (Lipinski definition) is 0. The molecule has 0 saturated carbocycles. The summed E-state index contributed by atoms with van der Waals surface area (Å²) in [6.07, 6.45) is 4.03. The molecule has 1 unspecified atom stereocenters. The molecule has 0 N–H and O–H groups in total. The summed E-state index contributed by atoms with van der Waals surface area (Å²) in [5.41, 5.74) is 1.33. The maximum atomic E-state index is 4.56. The third-order valence-electron chi connectivity index (χ3n) is 3.28. The molecule has 2 heterocycles. The Labute approximate surface area is 101 Å². The van der Waals surface area contributed by atoms with Gasteiger partial charge in [-0.3, -0.25) is 0 Å². The monoisotopic (exact) mass is 225 g/mol. The SMILES string of the molecule is C=Cc1nc2n(n1)CCCC2c1ccccc1. The van der Waals surface area contributed by atoms with Gasteiger partial charge in [0, 0.05) is 12.5 Å². The zero-order chi connectivity index (χ0) is 11.7. The average molecular weight is 225 g/mol. The van der Waals surface area contributed by atoms with Crippen molar-refractivity contribution in [2.45, 2.75) is 25.3 Å². The van der Waals surface area contributed by atoms with Crippen LogP contribution in [0.5, 0.6) is 0 Å². The number of aryl methyl sites for hydroxylation is 1. The highest BCUT2D eigenvalue weighted by molar-refractivity contribution is 5.37. The summed E-state index contributed by atoms with van der Waals surface area (Å²) in [4.78, 5) is 4.56. The standard InChI is InChI=1S/C14H15N3/c1-2-13-15-14-12(9-6-10-17(14)16-13)11-7-4-3-5-8-11/h2-5,7-8,12H,1,6,9-10H2.